The van der Waals surface area contributed by atoms with Crippen LogP contribution in [-0.2, 0) is 4.79 Å². The van der Waals surface area contributed by atoms with Gasteiger partial charge in [0.25, 0.3) is 0 Å². The highest BCUT2D eigenvalue weighted by molar-refractivity contribution is 9.10. The Morgan fingerprint density at radius 2 is 1.37 bits per heavy atom. The van der Waals surface area contributed by atoms with Crippen LogP contribution in [0.1, 0.15) is 47.7 Å². The van der Waals surface area contributed by atoms with Crippen molar-refractivity contribution < 1.29 is 4.79 Å². The molecule has 174 valence electrons. The Kier molecular flexibility index (Phi) is 6.84. The minimum absolute atomic E-state index is 0.0442. The van der Waals surface area contributed by atoms with Crippen LogP contribution < -0.4 is 0 Å². The van der Waals surface area contributed by atoms with Gasteiger partial charge in [-0.25, -0.2) is 0 Å². The van der Waals surface area contributed by atoms with Crippen LogP contribution >= 0.6 is 15.9 Å². The second-order valence-electron chi connectivity index (χ2n) is 8.83. The van der Waals surface area contributed by atoms with Gasteiger partial charge < -0.3 is 4.90 Å². The highest BCUT2D eigenvalue weighted by Gasteiger charge is 2.42. The normalized spacial score (nSPS) is 19.2. The van der Waals surface area contributed by atoms with Gasteiger partial charge in [-0.1, -0.05) is 124 Å². The van der Waals surface area contributed by atoms with Gasteiger partial charge in [0, 0.05) is 4.91 Å². The molecule has 1 aliphatic heterocycles. The number of carbonyl (C=O) groups excluding carboxylic acids is 1. The Morgan fingerprint density at radius 3 is 1.94 bits per heavy atom. The van der Waals surface area contributed by atoms with E-state index < -0.39 is 10.9 Å². The molecule has 0 spiro atoms. The van der Waals surface area contributed by atoms with Crippen LogP contribution in [0.15, 0.2) is 108 Å². The molecule has 0 N–H and O–H groups in total. The van der Waals surface area contributed by atoms with E-state index in [4.69, 9.17) is 0 Å². The fourth-order valence-corrected chi connectivity index (χ4v) is 5.79. The van der Waals surface area contributed by atoms with Crippen molar-refractivity contribution in [2.24, 2.45) is 5.11 Å². The van der Waals surface area contributed by atoms with Gasteiger partial charge in [0.05, 0.1) is 18.1 Å². The van der Waals surface area contributed by atoms with E-state index in [9.17, 15) is 10.3 Å². The largest absolute Gasteiger partial charge is 0.328 e. The van der Waals surface area contributed by atoms with Crippen molar-refractivity contribution in [1.82, 2.24) is 4.90 Å². The van der Waals surface area contributed by atoms with Gasteiger partial charge in [0.1, 0.15) is 4.83 Å². The fourth-order valence-electron chi connectivity index (χ4n) is 5.14. The molecule has 6 heteroatoms. The van der Waals surface area contributed by atoms with Crippen molar-refractivity contribution in [3.05, 3.63) is 130 Å². The molecular weight excluding hydrogens is 500 g/mol. The van der Waals surface area contributed by atoms with Gasteiger partial charge in [-0.3, -0.25) is 4.79 Å². The summed E-state index contributed by atoms with van der Waals surface area (Å²) in [5, 5.41) is 6.22. The number of nitrogens with zero attached hydrogens (tertiary/aromatic N) is 4. The maximum atomic E-state index is 14.2. The van der Waals surface area contributed by atoms with Gasteiger partial charge in [-0.05, 0) is 45.8 Å². The predicted octanol–water partition coefficient (Wildman–Crippen LogP) is 8.06. The van der Waals surface area contributed by atoms with Crippen LogP contribution in [0, 0.1) is 0 Å². The smallest absolute Gasteiger partial charge is 0.238 e. The first-order valence-corrected chi connectivity index (χ1v) is 12.7. The van der Waals surface area contributed by atoms with Crippen LogP contribution in [0.3, 0.4) is 0 Å². The number of amides is 1. The molecule has 0 radical (unpaired) electrons. The molecule has 5 rings (SSSR count). The van der Waals surface area contributed by atoms with E-state index in [1.165, 1.54) is 0 Å². The lowest BCUT2D eigenvalue weighted by atomic mass is 9.98. The number of rotatable bonds is 6. The number of benzene rings is 4. The highest BCUT2D eigenvalue weighted by Crippen LogP contribution is 2.46. The molecule has 35 heavy (non-hydrogen) atoms. The Bertz CT molecular complexity index is 1320. The molecular formula is C29H25BrN4O. The molecule has 0 bridgehead atoms. The summed E-state index contributed by atoms with van der Waals surface area (Å²) in [6.07, 6.45) is 1.74. The number of fused-ring (bicyclic) bond motifs is 1. The number of hydrogen-bond donors (Lipinski definition) is 0. The molecule has 4 aromatic carbocycles. The topological polar surface area (TPSA) is 69.1 Å². The summed E-state index contributed by atoms with van der Waals surface area (Å²) in [7, 11) is 0. The molecule has 1 aliphatic rings. The van der Waals surface area contributed by atoms with Crippen LogP contribution in [0.5, 0.6) is 0 Å². The summed E-state index contributed by atoms with van der Waals surface area (Å²) in [5.41, 5.74) is 12.4. The lowest BCUT2D eigenvalue weighted by molar-refractivity contribution is -0.134. The van der Waals surface area contributed by atoms with Crippen LogP contribution in [0.25, 0.3) is 21.2 Å². The zero-order chi connectivity index (χ0) is 24.2. The molecule has 0 unspecified atom stereocenters. The number of azide groups is 1. The third kappa shape index (κ3) is 4.68. The lowest BCUT2D eigenvalue weighted by Crippen LogP contribution is -2.40. The molecule has 4 atom stereocenters. The first kappa shape index (κ1) is 23.2. The first-order valence-electron chi connectivity index (χ1n) is 11.8. The summed E-state index contributed by atoms with van der Waals surface area (Å²) in [6.45, 7) is 0. The van der Waals surface area contributed by atoms with E-state index in [1.807, 2.05) is 83.8 Å². The third-order valence-electron chi connectivity index (χ3n) is 6.81. The summed E-state index contributed by atoms with van der Waals surface area (Å²) in [6, 6.07) is 33.6. The summed E-state index contributed by atoms with van der Waals surface area (Å²) in [4.78, 5) is 18.6. The van der Waals surface area contributed by atoms with Crippen LogP contribution in [0.4, 0.5) is 0 Å². The number of halogens is 1. The molecule has 1 saturated heterocycles. The van der Waals surface area contributed by atoms with Crippen LogP contribution in [0.2, 0.25) is 0 Å². The maximum absolute atomic E-state index is 14.2. The number of likely N-dealkylation sites (tertiary alicyclic amines) is 1. The average molecular weight is 525 g/mol. The Balaban J connectivity index is 1.53. The Labute approximate surface area is 213 Å². The molecule has 4 aromatic rings. The highest BCUT2D eigenvalue weighted by atomic mass is 79.9. The monoisotopic (exact) mass is 524 g/mol. The van der Waals surface area contributed by atoms with Gasteiger partial charge in [0.15, 0.2) is 0 Å². The van der Waals surface area contributed by atoms with Crippen LogP contribution in [-0.4, -0.2) is 15.6 Å². The maximum Gasteiger partial charge on any atom is 0.238 e. The van der Waals surface area contributed by atoms with Crippen molar-refractivity contribution in [3.63, 3.8) is 0 Å². The van der Waals surface area contributed by atoms with Crippen molar-refractivity contribution in [2.45, 2.75) is 35.8 Å². The van der Waals surface area contributed by atoms with Crippen molar-refractivity contribution in [3.8, 4) is 0 Å². The minimum atomic E-state index is -0.699. The van der Waals surface area contributed by atoms with Crippen molar-refractivity contribution in [1.29, 1.82) is 0 Å². The van der Waals surface area contributed by atoms with Gasteiger partial charge in [0.2, 0.25) is 5.91 Å². The second-order valence-corrected chi connectivity index (χ2v) is 9.82. The SMILES string of the molecule is [N-]=[N+]=N[C@@H](c1ccc2ccccc2c1)[C@H](Br)C(=O)N1[C@H](c2ccccc2)CC[C@H]1c1ccccc1. The molecule has 0 aromatic heterocycles. The molecule has 0 saturated carbocycles. The Morgan fingerprint density at radius 1 is 0.829 bits per heavy atom. The zero-order valence-corrected chi connectivity index (χ0v) is 20.7. The molecule has 1 fully saturated rings. The van der Waals surface area contributed by atoms with E-state index in [-0.39, 0.29) is 18.0 Å². The lowest BCUT2D eigenvalue weighted by Gasteiger charge is -2.34. The first-order chi connectivity index (χ1) is 17.2. The number of hydrogen-bond acceptors (Lipinski definition) is 2. The summed E-state index contributed by atoms with van der Waals surface area (Å²) in [5.74, 6) is -0.0734. The van der Waals surface area contributed by atoms with E-state index in [0.717, 1.165) is 40.3 Å². The molecule has 1 amide bonds. The molecule has 0 aliphatic carbocycles. The fraction of sp³-hybridized carbons (Fsp3) is 0.207. The second kappa shape index (κ2) is 10.3. The average Bonchev–Trinajstić information content (AvgIpc) is 3.37. The van der Waals surface area contributed by atoms with Gasteiger partial charge in [-0.15, -0.1) is 0 Å². The zero-order valence-electron chi connectivity index (χ0n) is 19.1. The quantitative estimate of drug-likeness (QED) is 0.109. The predicted molar refractivity (Wildman–Crippen MR) is 143 cm³/mol. The van der Waals surface area contributed by atoms with Gasteiger partial charge in [-0.2, -0.15) is 0 Å². The molecule has 5 nitrogen and oxygen atoms in total. The standard InChI is InChI=1S/C29H25BrN4O/c30-27(28(32-33-31)24-16-15-20-9-7-8-14-23(20)19-24)29(35)34-25(21-10-3-1-4-11-21)17-18-26(34)22-12-5-2-6-13-22/h1-16,19,25-28H,17-18H2/t25-,26-,27-,28-/m0/s1. The summed E-state index contributed by atoms with van der Waals surface area (Å²) < 4.78 is 0. The van der Waals surface area contributed by atoms with E-state index in [0.29, 0.717) is 0 Å². The number of carbonyl (C=O) groups is 1. The third-order valence-corrected chi connectivity index (χ3v) is 7.70. The molecule has 1 heterocycles. The van der Waals surface area contributed by atoms with E-state index in [2.05, 4.69) is 50.2 Å². The van der Waals surface area contributed by atoms with Crippen molar-refractivity contribution in [2.75, 3.05) is 0 Å². The van der Waals surface area contributed by atoms with Gasteiger partial charge >= 0.3 is 0 Å². The van der Waals surface area contributed by atoms with E-state index in [1.54, 1.807) is 0 Å². The number of alkyl halides is 1. The minimum Gasteiger partial charge on any atom is -0.328 e. The van der Waals surface area contributed by atoms with E-state index >= 15 is 0 Å². The Hall–Kier alpha value is -3.60. The summed E-state index contributed by atoms with van der Waals surface area (Å²) >= 11 is 3.67. The van der Waals surface area contributed by atoms with Crippen molar-refractivity contribution >= 4 is 32.6 Å².